The number of hydrazone groups is 1. The van der Waals surface area contributed by atoms with E-state index in [1.54, 1.807) is 42.5 Å². The van der Waals surface area contributed by atoms with Gasteiger partial charge in [-0.15, -0.1) is 0 Å². The molecule has 0 aromatic heterocycles. The predicted octanol–water partition coefficient (Wildman–Crippen LogP) is 3.85. The molecule has 1 fully saturated rings. The summed E-state index contributed by atoms with van der Waals surface area (Å²) in [7, 11) is 1.60. The van der Waals surface area contributed by atoms with Crippen LogP contribution in [0.4, 0.5) is 0 Å². The Morgan fingerprint density at radius 1 is 1.00 bits per heavy atom. The Bertz CT molecular complexity index is 1100. The van der Waals surface area contributed by atoms with E-state index in [2.05, 4.69) is 10.5 Å². The van der Waals surface area contributed by atoms with E-state index >= 15 is 0 Å². The van der Waals surface area contributed by atoms with Crippen molar-refractivity contribution < 1.29 is 14.3 Å². The molecule has 6 heteroatoms. The third-order valence-electron chi connectivity index (χ3n) is 5.69. The zero-order valence-corrected chi connectivity index (χ0v) is 17.5. The fraction of sp³-hybridized carbons (Fsp3) is 0.240. The van der Waals surface area contributed by atoms with Crippen LogP contribution in [0.1, 0.15) is 28.8 Å². The van der Waals surface area contributed by atoms with E-state index in [1.807, 2.05) is 42.5 Å². The van der Waals surface area contributed by atoms with Gasteiger partial charge in [-0.2, -0.15) is 5.10 Å². The number of hydrogen-bond donors (Lipinski definition) is 1. The van der Waals surface area contributed by atoms with Crippen molar-refractivity contribution in [2.45, 2.75) is 12.8 Å². The lowest BCUT2D eigenvalue weighted by molar-refractivity contribution is -0.126. The summed E-state index contributed by atoms with van der Waals surface area (Å²) in [5.41, 5.74) is 4.25. The topological polar surface area (TPSA) is 71.0 Å². The van der Waals surface area contributed by atoms with Gasteiger partial charge < -0.3 is 9.64 Å². The van der Waals surface area contributed by atoms with Crippen LogP contribution in [0.2, 0.25) is 0 Å². The number of piperidine rings is 1. The molecule has 6 nitrogen and oxygen atoms in total. The molecule has 1 aliphatic rings. The van der Waals surface area contributed by atoms with Crippen LogP contribution in [0, 0.1) is 5.92 Å². The number of rotatable bonds is 5. The molecule has 2 amide bonds. The maximum Gasteiger partial charge on any atom is 0.253 e. The average molecular weight is 415 g/mol. The van der Waals surface area contributed by atoms with E-state index in [0.717, 1.165) is 22.1 Å². The van der Waals surface area contributed by atoms with Crippen molar-refractivity contribution in [1.29, 1.82) is 0 Å². The SMILES string of the molecule is COc1ccc(C(=O)N2CCC(C(=O)N/N=C\c3cccc4ccccc34)CC2)cc1. The quantitative estimate of drug-likeness (QED) is 0.508. The highest BCUT2D eigenvalue weighted by Crippen LogP contribution is 2.21. The highest BCUT2D eigenvalue weighted by Gasteiger charge is 2.27. The van der Waals surface area contributed by atoms with Gasteiger partial charge in [-0.1, -0.05) is 42.5 Å². The molecule has 1 saturated heterocycles. The van der Waals surface area contributed by atoms with Gasteiger partial charge in [-0.25, -0.2) is 5.43 Å². The standard InChI is InChI=1S/C25H25N3O3/c1-31-22-11-9-20(10-12-22)25(30)28-15-13-19(14-16-28)24(29)27-26-17-21-7-4-6-18-5-2-3-8-23(18)21/h2-12,17,19H,13-16H2,1H3,(H,27,29)/b26-17-. The Morgan fingerprint density at radius 2 is 1.71 bits per heavy atom. The van der Waals surface area contributed by atoms with Gasteiger partial charge >= 0.3 is 0 Å². The summed E-state index contributed by atoms with van der Waals surface area (Å²) >= 11 is 0. The summed E-state index contributed by atoms with van der Waals surface area (Å²) in [6.45, 7) is 1.10. The summed E-state index contributed by atoms with van der Waals surface area (Å²) in [5.74, 6) is 0.448. The predicted molar refractivity (Wildman–Crippen MR) is 121 cm³/mol. The molecule has 0 saturated carbocycles. The minimum absolute atomic E-state index is 0.0181. The fourth-order valence-electron chi connectivity index (χ4n) is 3.88. The lowest BCUT2D eigenvalue weighted by atomic mass is 9.95. The lowest BCUT2D eigenvalue weighted by Gasteiger charge is -2.31. The molecule has 0 unspecified atom stereocenters. The zero-order chi connectivity index (χ0) is 21.6. The summed E-state index contributed by atoms with van der Waals surface area (Å²) in [6, 6.07) is 21.2. The molecule has 0 bridgehead atoms. The minimum Gasteiger partial charge on any atom is -0.497 e. The number of benzene rings is 3. The second-order valence-corrected chi connectivity index (χ2v) is 7.60. The van der Waals surface area contributed by atoms with Gasteiger partial charge in [-0.3, -0.25) is 9.59 Å². The zero-order valence-electron chi connectivity index (χ0n) is 17.5. The van der Waals surface area contributed by atoms with Gasteiger partial charge in [0, 0.05) is 30.1 Å². The van der Waals surface area contributed by atoms with Crippen LogP contribution in [0.5, 0.6) is 5.75 Å². The molecule has 4 rings (SSSR count). The van der Waals surface area contributed by atoms with Crippen molar-refractivity contribution in [1.82, 2.24) is 10.3 Å². The second-order valence-electron chi connectivity index (χ2n) is 7.60. The van der Waals surface area contributed by atoms with Crippen molar-refractivity contribution in [3.8, 4) is 5.75 Å². The van der Waals surface area contributed by atoms with Crippen LogP contribution in [-0.2, 0) is 4.79 Å². The Labute approximate surface area is 181 Å². The Balaban J connectivity index is 1.31. The van der Waals surface area contributed by atoms with Gasteiger partial charge in [0.25, 0.3) is 5.91 Å². The first-order valence-electron chi connectivity index (χ1n) is 10.4. The fourth-order valence-corrected chi connectivity index (χ4v) is 3.88. The summed E-state index contributed by atoms with van der Waals surface area (Å²) < 4.78 is 5.14. The highest BCUT2D eigenvalue weighted by molar-refractivity contribution is 6.00. The number of hydrogen-bond acceptors (Lipinski definition) is 4. The van der Waals surface area contributed by atoms with Crippen LogP contribution in [0.25, 0.3) is 10.8 Å². The number of carbonyl (C=O) groups is 2. The Kier molecular flexibility index (Phi) is 6.26. The smallest absolute Gasteiger partial charge is 0.253 e. The van der Waals surface area contributed by atoms with Gasteiger partial charge in [-0.05, 0) is 47.9 Å². The Morgan fingerprint density at radius 3 is 2.45 bits per heavy atom. The number of methoxy groups -OCH3 is 1. The lowest BCUT2D eigenvalue weighted by Crippen LogP contribution is -2.42. The van der Waals surface area contributed by atoms with Crippen molar-refractivity contribution in [3.05, 3.63) is 77.9 Å². The molecule has 1 aliphatic heterocycles. The molecule has 0 radical (unpaired) electrons. The average Bonchev–Trinajstić information content (AvgIpc) is 2.84. The molecule has 0 atom stereocenters. The van der Waals surface area contributed by atoms with Crippen molar-refractivity contribution in [2.24, 2.45) is 11.0 Å². The monoisotopic (exact) mass is 415 g/mol. The Hall–Kier alpha value is -3.67. The molecule has 1 N–H and O–H groups in total. The number of nitrogens with one attached hydrogen (secondary N) is 1. The largest absolute Gasteiger partial charge is 0.497 e. The maximum absolute atomic E-state index is 12.7. The molecule has 3 aromatic rings. The molecular weight excluding hydrogens is 390 g/mol. The van der Waals surface area contributed by atoms with Crippen LogP contribution >= 0.6 is 0 Å². The van der Waals surface area contributed by atoms with Crippen LogP contribution in [-0.4, -0.2) is 43.1 Å². The third kappa shape index (κ3) is 4.74. The molecular formula is C25H25N3O3. The summed E-state index contributed by atoms with van der Waals surface area (Å²) in [6.07, 6.45) is 2.93. The van der Waals surface area contributed by atoms with Crippen molar-refractivity contribution in [3.63, 3.8) is 0 Å². The van der Waals surface area contributed by atoms with E-state index in [4.69, 9.17) is 4.74 Å². The van der Waals surface area contributed by atoms with E-state index in [0.29, 0.717) is 31.5 Å². The van der Waals surface area contributed by atoms with E-state index in [9.17, 15) is 9.59 Å². The first-order valence-corrected chi connectivity index (χ1v) is 10.4. The first-order chi connectivity index (χ1) is 15.2. The molecule has 158 valence electrons. The summed E-state index contributed by atoms with van der Waals surface area (Å²) in [4.78, 5) is 27.0. The molecule has 0 spiro atoms. The van der Waals surface area contributed by atoms with E-state index in [-0.39, 0.29) is 17.7 Å². The number of nitrogens with zero attached hydrogens (tertiary/aromatic N) is 2. The van der Waals surface area contributed by atoms with Crippen LogP contribution in [0.3, 0.4) is 0 Å². The minimum atomic E-state index is -0.149. The van der Waals surface area contributed by atoms with Gasteiger partial charge in [0.15, 0.2) is 0 Å². The second kappa shape index (κ2) is 9.43. The number of amides is 2. The van der Waals surface area contributed by atoms with E-state index in [1.165, 1.54) is 0 Å². The van der Waals surface area contributed by atoms with Crippen molar-refractivity contribution in [2.75, 3.05) is 20.2 Å². The highest BCUT2D eigenvalue weighted by atomic mass is 16.5. The normalized spacial score (nSPS) is 14.7. The first kappa shape index (κ1) is 20.6. The summed E-state index contributed by atoms with van der Waals surface area (Å²) in [5, 5.41) is 6.39. The van der Waals surface area contributed by atoms with Crippen molar-refractivity contribution >= 4 is 28.8 Å². The number of ether oxygens (including phenoxy) is 1. The van der Waals surface area contributed by atoms with Gasteiger partial charge in [0.2, 0.25) is 5.91 Å². The maximum atomic E-state index is 12.7. The molecule has 31 heavy (non-hydrogen) atoms. The van der Waals surface area contributed by atoms with Gasteiger partial charge in [0.1, 0.15) is 5.75 Å². The van der Waals surface area contributed by atoms with Crippen LogP contribution < -0.4 is 10.2 Å². The van der Waals surface area contributed by atoms with Crippen LogP contribution in [0.15, 0.2) is 71.8 Å². The van der Waals surface area contributed by atoms with Gasteiger partial charge in [0.05, 0.1) is 13.3 Å². The molecule has 3 aromatic carbocycles. The number of carbonyl (C=O) groups excluding carboxylic acids is 2. The number of likely N-dealkylation sites (tertiary alicyclic amines) is 1. The third-order valence-corrected chi connectivity index (χ3v) is 5.69. The number of fused-ring (bicyclic) bond motifs is 1. The molecule has 1 heterocycles. The van der Waals surface area contributed by atoms with E-state index < -0.39 is 0 Å². The molecule has 0 aliphatic carbocycles.